The second-order valence-corrected chi connectivity index (χ2v) is 7.83. The first-order valence-electron chi connectivity index (χ1n) is 9.92. The van der Waals surface area contributed by atoms with Crippen molar-refractivity contribution in [3.05, 3.63) is 41.9 Å². The monoisotopic (exact) mass is 355 g/mol. The van der Waals surface area contributed by atoms with Crippen molar-refractivity contribution in [2.75, 3.05) is 13.1 Å². The Hall–Kier alpha value is -1.79. The van der Waals surface area contributed by atoms with Crippen LogP contribution in [0.2, 0.25) is 0 Å². The van der Waals surface area contributed by atoms with Crippen molar-refractivity contribution >= 4 is 0 Å². The molecule has 2 aliphatic rings. The molecular formula is C20H29N5O. The number of aryl methyl sites for hydroxylation is 1. The number of nitrogens with zero attached hydrogens (tertiary/aromatic N) is 4. The van der Waals surface area contributed by atoms with E-state index in [0.29, 0.717) is 23.9 Å². The Kier molecular flexibility index (Phi) is 5.60. The van der Waals surface area contributed by atoms with Gasteiger partial charge in [0.25, 0.3) is 0 Å². The zero-order valence-corrected chi connectivity index (χ0v) is 15.6. The maximum absolute atomic E-state index is 5.54. The van der Waals surface area contributed by atoms with Crippen LogP contribution in [0.4, 0.5) is 0 Å². The third kappa shape index (κ3) is 4.68. The molecule has 2 atom stereocenters. The zero-order chi connectivity index (χ0) is 17.8. The summed E-state index contributed by atoms with van der Waals surface area (Å²) < 4.78 is 5.54. The van der Waals surface area contributed by atoms with Gasteiger partial charge in [0.2, 0.25) is 11.8 Å². The van der Waals surface area contributed by atoms with E-state index in [0.717, 1.165) is 31.9 Å². The number of hydrogen-bond donors (Lipinski definition) is 1. The summed E-state index contributed by atoms with van der Waals surface area (Å²) in [5.74, 6) is 2.15. The van der Waals surface area contributed by atoms with Crippen LogP contribution in [0.15, 0.2) is 28.8 Å². The summed E-state index contributed by atoms with van der Waals surface area (Å²) in [6, 6.07) is 7.48. The van der Waals surface area contributed by atoms with Gasteiger partial charge in [-0.2, -0.15) is 0 Å². The van der Waals surface area contributed by atoms with Crippen LogP contribution in [0.1, 0.15) is 49.6 Å². The van der Waals surface area contributed by atoms with Crippen LogP contribution in [-0.4, -0.2) is 45.3 Å². The number of rotatable bonds is 6. The predicted octanol–water partition coefficient (Wildman–Crippen LogP) is 2.74. The Bertz CT molecular complexity index is 681. The fourth-order valence-electron chi connectivity index (χ4n) is 4.39. The van der Waals surface area contributed by atoms with Crippen LogP contribution >= 0.6 is 0 Å². The maximum atomic E-state index is 5.54. The van der Waals surface area contributed by atoms with E-state index in [1.54, 1.807) is 0 Å². The van der Waals surface area contributed by atoms with Gasteiger partial charge in [-0.05, 0) is 50.2 Å². The fourth-order valence-corrected chi connectivity index (χ4v) is 4.39. The van der Waals surface area contributed by atoms with Gasteiger partial charge in [0.15, 0.2) is 0 Å². The SMILES string of the molecule is Cc1nnc(C[C@@H]2CC[C@H](NC3CCN(Cc4ccccn4)CC3)C2)o1. The first-order valence-corrected chi connectivity index (χ1v) is 9.92. The summed E-state index contributed by atoms with van der Waals surface area (Å²) in [7, 11) is 0. The predicted molar refractivity (Wildman–Crippen MR) is 99.5 cm³/mol. The smallest absolute Gasteiger partial charge is 0.216 e. The first kappa shape index (κ1) is 17.6. The average Bonchev–Trinajstić information content (AvgIpc) is 3.27. The summed E-state index contributed by atoms with van der Waals surface area (Å²) in [6.45, 7) is 5.15. The van der Waals surface area contributed by atoms with Crippen LogP contribution in [0.3, 0.4) is 0 Å². The number of aromatic nitrogens is 3. The largest absolute Gasteiger partial charge is 0.426 e. The van der Waals surface area contributed by atoms with Crippen molar-refractivity contribution in [1.29, 1.82) is 0 Å². The first-order chi connectivity index (χ1) is 12.7. The number of pyridine rings is 1. The summed E-state index contributed by atoms with van der Waals surface area (Å²) in [6.07, 6.45) is 9.05. The summed E-state index contributed by atoms with van der Waals surface area (Å²) >= 11 is 0. The van der Waals surface area contributed by atoms with Crippen LogP contribution in [0.5, 0.6) is 0 Å². The average molecular weight is 355 g/mol. The highest BCUT2D eigenvalue weighted by Gasteiger charge is 2.29. The topological polar surface area (TPSA) is 67.1 Å². The van der Waals surface area contributed by atoms with E-state index in [-0.39, 0.29) is 0 Å². The van der Waals surface area contributed by atoms with Crippen LogP contribution in [0, 0.1) is 12.8 Å². The Labute approximate surface area is 155 Å². The lowest BCUT2D eigenvalue weighted by molar-refractivity contribution is 0.182. The van der Waals surface area contributed by atoms with E-state index in [9.17, 15) is 0 Å². The minimum absolute atomic E-state index is 0.649. The van der Waals surface area contributed by atoms with Crippen molar-refractivity contribution in [3.8, 4) is 0 Å². The molecule has 2 aromatic heterocycles. The molecule has 0 aromatic carbocycles. The molecule has 1 saturated carbocycles. The Morgan fingerprint density at radius 2 is 2.00 bits per heavy atom. The van der Waals surface area contributed by atoms with Crippen LogP contribution < -0.4 is 5.32 Å². The second kappa shape index (κ2) is 8.27. The highest BCUT2D eigenvalue weighted by Crippen LogP contribution is 2.29. The normalized spacial score (nSPS) is 25.0. The second-order valence-electron chi connectivity index (χ2n) is 7.83. The van der Waals surface area contributed by atoms with E-state index in [1.165, 1.54) is 37.8 Å². The van der Waals surface area contributed by atoms with Crippen molar-refractivity contribution in [2.45, 2.75) is 64.1 Å². The molecule has 6 nitrogen and oxygen atoms in total. The van der Waals surface area contributed by atoms with E-state index >= 15 is 0 Å². The van der Waals surface area contributed by atoms with Crippen LogP contribution in [0.25, 0.3) is 0 Å². The zero-order valence-electron chi connectivity index (χ0n) is 15.6. The van der Waals surface area contributed by atoms with Gasteiger partial charge < -0.3 is 9.73 Å². The van der Waals surface area contributed by atoms with Gasteiger partial charge in [0.1, 0.15) is 0 Å². The molecule has 1 aliphatic carbocycles. The highest BCUT2D eigenvalue weighted by molar-refractivity contribution is 5.03. The third-order valence-corrected chi connectivity index (χ3v) is 5.74. The minimum atomic E-state index is 0.649. The summed E-state index contributed by atoms with van der Waals surface area (Å²) in [4.78, 5) is 6.97. The van der Waals surface area contributed by atoms with Gasteiger partial charge in [0, 0.05) is 51.3 Å². The Morgan fingerprint density at radius 3 is 2.73 bits per heavy atom. The molecule has 140 valence electrons. The summed E-state index contributed by atoms with van der Waals surface area (Å²) in [5, 5.41) is 12.0. The number of likely N-dealkylation sites (tertiary alicyclic amines) is 1. The van der Waals surface area contributed by atoms with Crippen molar-refractivity contribution in [1.82, 2.24) is 25.4 Å². The molecule has 0 spiro atoms. The third-order valence-electron chi connectivity index (χ3n) is 5.74. The molecule has 1 aliphatic heterocycles. The lowest BCUT2D eigenvalue weighted by Gasteiger charge is -2.33. The molecule has 0 radical (unpaired) electrons. The molecular weight excluding hydrogens is 326 g/mol. The van der Waals surface area contributed by atoms with Gasteiger partial charge in [-0.25, -0.2) is 0 Å². The highest BCUT2D eigenvalue weighted by atomic mass is 16.4. The fraction of sp³-hybridized carbons (Fsp3) is 0.650. The van der Waals surface area contributed by atoms with Gasteiger partial charge in [-0.1, -0.05) is 6.07 Å². The quantitative estimate of drug-likeness (QED) is 0.859. The van der Waals surface area contributed by atoms with E-state index in [4.69, 9.17) is 4.42 Å². The lowest BCUT2D eigenvalue weighted by atomic mass is 10.0. The van der Waals surface area contributed by atoms with Gasteiger partial charge >= 0.3 is 0 Å². The molecule has 0 bridgehead atoms. The summed E-state index contributed by atoms with van der Waals surface area (Å²) in [5.41, 5.74) is 1.17. The number of piperidine rings is 1. The van der Waals surface area contributed by atoms with Gasteiger partial charge in [-0.3, -0.25) is 9.88 Å². The van der Waals surface area contributed by atoms with Crippen molar-refractivity contribution < 1.29 is 4.42 Å². The number of nitrogens with one attached hydrogen (secondary N) is 1. The molecule has 4 rings (SSSR count). The molecule has 0 unspecified atom stereocenters. The molecule has 1 saturated heterocycles. The van der Waals surface area contributed by atoms with E-state index in [2.05, 4.69) is 37.5 Å². The van der Waals surface area contributed by atoms with E-state index < -0.39 is 0 Å². The molecule has 2 aromatic rings. The van der Waals surface area contributed by atoms with Gasteiger partial charge in [0.05, 0.1) is 5.69 Å². The molecule has 2 fully saturated rings. The Morgan fingerprint density at radius 1 is 1.12 bits per heavy atom. The standard InChI is InChI=1S/C20H29N5O/c1-15-23-24-20(26-15)13-16-5-6-18(12-16)22-17-7-10-25(11-8-17)14-19-4-2-3-9-21-19/h2-4,9,16-18,22H,5-8,10-14H2,1H3/t16-,18+/m1/s1. The minimum Gasteiger partial charge on any atom is -0.426 e. The lowest BCUT2D eigenvalue weighted by Crippen LogP contribution is -2.45. The van der Waals surface area contributed by atoms with Gasteiger partial charge in [-0.15, -0.1) is 10.2 Å². The van der Waals surface area contributed by atoms with Crippen LogP contribution in [-0.2, 0) is 13.0 Å². The molecule has 1 N–H and O–H groups in total. The number of hydrogen-bond acceptors (Lipinski definition) is 6. The molecule has 26 heavy (non-hydrogen) atoms. The van der Waals surface area contributed by atoms with Crippen molar-refractivity contribution in [3.63, 3.8) is 0 Å². The maximum Gasteiger partial charge on any atom is 0.216 e. The molecule has 3 heterocycles. The molecule has 0 amide bonds. The Balaban J connectivity index is 1.18. The molecule has 6 heteroatoms. The van der Waals surface area contributed by atoms with E-state index in [1.807, 2.05) is 19.2 Å². The van der Waals surface area contributed by atoms with Crippen molar-refractivity contribution in [2.24, 2.45) is 5.92 Å².